The first kappa shape index (κ1) is 28.7. The van der Waals surface area contributed by atoms with Crippen molar-refractivity contribution in [2.75, 3.05) is 28.2 Å². The van der Waals surface area contributed by atoms with E-state index >= 15 is 0 Å². The number of nitrogens with zero attached hydrogens (tertiary/aromatic N) is 5. The van der Waals surface area contributed by atoms with E-state index in [0.29, 0.717) is 36.4 Å². The van der Waals surface area contributed by atoms with E-state index in [4.69, 9.17) is 16.6 Å². The van der Waals surface area contributed by atoms with E-state index in [-0.39, 0.29) is 41.4 Å². The Morgan fingerprint density at radius 2 is 1.81 bits per heavy atom. The zero-order valence-electron chi connectivity index (χ0n) is 22.6. The van der Waals surface area contributed by atoms with Crippen LogP contribution < -0.4 is 27.0 Å². The number of benzene rings is 2. The summed E-state index contributed by atoms with van der Waals surface area (Å²) in [4.78, 5) is 67.1. The Morgan fingerprint density at radius 3 is 2.58 bits per heavy atom. The van der Waals surface area contributed by atoms with Crippen LogP contribution in [0.3, 0.4) is 0 Å². The maximum absolute atomic E-state index is 13.0. The van der Waals surface area contributed by atoms with Crippen molar-refractivity contribution in [3.8, 4) is 0 Å². The summed E-state index contributed by atoms with van der Waals surface area (Å²) < 4.78 is 0. The molecule has 0 aliphatic carbocycles. The van der Waals surface area contributed by atoms with E-state index in [9.17, 15) is 24.3 Å². The number of carbonyl (C=O) groups is 4. The zero-order chi connectivity index (χ0) is 30.7. The molecule has 0 bridgehead atoms. The van der Waals surface area contributed by atoms with Crippen molar-refractivity contribution < 1.29 is 29.4 Å². The van der Waals surface area contributed by atoms with Gasteiger partial charge in [-0.25, -0.2) is 19.6 Å². The van der Waals surface area contributed by atoms with Gasteiger partial charge in [-0.1, -0.05) is 6.07 Å². The minimum atomic E-state index is -1.31. The fourth-order valence-electron chi connectivity index (χ4n) is 4.76. The molecule has 2 aromatic heterocycles. The van der Waals surface area contributed by atoms with Gasteiger partial charge < -0.3 is 37.2 Å². The van der Waals surface area contributed by atoms with Crippen molar-refractivity contribution in [3.63, 3.8) is 0 Å². The molecule has 0 unspecified atom stereocenters. The molecule has 15 heteroatoms. The highest BCUT2D eigenvalue weighted by Gasteiger charge is 2.25. The average molecular weight is 586 g/mol. The number of nitrogen functional groups attached to an aromatic ring is 2. The van der Waals surface area contributed by atoms with Crippen LogP contribution in [0.4, 0.5) is 23.1 Å². The van der Waals surface area contributed by atoms with Gasteiger partial charge in [-0.2, -0.15) is 9.97 Å². The Kier molecular flexibility index (Phi) is 7.96. The lowest BCUT2D eigenvalue weighted by Gasteiger charge is -2.19. The molecule has 1 atom stereocenters. The van der Waals surface area contributed by atoms with Gasteiger partial charge in [0.25, 0.3) is 5.91 Å². The second-order valence-corrected chi connectivity index (χ2v) is 9.85. The molecule has 8 N–H and O–H groups in total. The highest BCUT2D eigenvalue weighted by molar-refractivity contribution is 5.98. The smallest absolute Gasteiger partial charge is 0.335 e. The van der Waals surface area contributed by atoms with Crippen molar-refractivity contribution in [1.82, 2.24) is 25.3 Å². The molecule has 2 amide bonds. The second-order valence-electron chi connectivity index (χ2n) is 9.85. The minimum Gasteiger partial charge on any atom is -0.480 e. The van der Waals surface area contributed by atoms with Gasteiger partial charge in [-0.3, -0.25) is 9.59 Å². The number of aromatic nitrogens is 4. The molecule has 5 rings (SSSR count). The number of amides is 2. The number of carboxylic acids is 2. The van der Waals surface area contributed by atoms with Crippen LogP contribution in [-0.4, -0.2) is 66.5 Å². The number of carbonyl (C=O) groups excluding carboxylic acids is 2. The Hall–Kier alpha value is -5.86. The number of nitrogens with two attached hydrogens (primary N) is 2. The second kappa shape index (κ2) is 11.9. The van der Waals surface area contributed by atoms with Crippen molar-refractivity contribution in [3.05, 3.63) is 71.0 Å². The SMILES string of the molecule is Nc1nc(N)c2nc(CN3CCc4cc(C(=O)N[C@@H](CCC(=O)Nc5cccc(C(=O)O)c5)C(=O)O)ccc43)cnc2n1. The van der Waals surface area contributed by atoms with Crippen LogP contribution in [0.25, 0.3) is 11.2 Å². The number of hydrogen-bond acceptors (Lipinski definition) is 11. The number of carboxylic acid groups (broad SMARTS) is 2. The summed E-state index contributed by atoms with van der Waals surface area (Å²) >= 11 is 0. The molecule has 0 fully saturated rings. The number of hydrogen-bond donors (Lipinski definition) is 6. The van der Waals surface area contributed by atoms with E-state index in [1.165, 1.54) is 24.3 Å². The fraction of sp³-hybridized carbons (Fsp3) is 0.214. The molecule has 1 aliphatic rings. The lowest BCUT2D eigenvalue weighted by molar-refractivity contribution is -0.139. The Morgan fingerprint density at radius 1 is 1.00 bits per heavy atom. The van der Waals surface area contributed by atoms with Gasteiger partial charge in [0.2, 0.25) is 11.9 Å². The maximum Gasteiger partial charge on any atom is 0.335 e. The summed E-state index contributed by atoms with van der Waals surface area (Å²) in [5.41, 5.74) is 15.2. The summed E-state index contributed by atoms with van der Waals surface area (Å²) in [5, 5.41) is 23.8. The van der Waals surface area contributed by atoms with Crippen LogP contribution in [0.15, 0.2) is 48.7 Å². The Labute approximate surface area is 244 Å². The Balaban J connectivity index is 1.20. The molecule has 15 nitrogen and oxygen atoms in total. The quantitative estimate of drug-likeness (QED) is 0.155. The lowest BCUT2D eigenvalue weighted by Crippen LogP contribution is -2.41. The van der Waals surface area contributed by atoms with Crippen molar-refractivity contribution in [2.24, 2.45) is 0 Å². The summed E-state index contributed by atoms with van der Waals surface area (Å²) in [5.74, 6) is -3.38. The third-order valence-corrected chi connectivity index (χ3v) is 6.84. The summed E-state index contributed by atoms with van der Waals surface area (Å²) in [6, 6.07) is 9.48. The van der Waals surface area contributed by atoms with Gasteiger partial charge >= 0.3 is 11.9 Å². The molecule has 4 aromatic rings. The van der Waals surface area contributed by atoms with E-state index in [1.54, 1.807) is 24.4 Å². The lowest BCUT2D eigenvalue weighted by atomic mass is 10.1. The van der Waals surface area contributed by atoms with Gasteiger partial charge in [0, 0.05) is 29.9 Å². The van der Waals surface area contributed by atoms with E-state index in [0.717, 1.165) is 11.3 Å². The van der Waals surface area contributed by atoms with Crippen LogP contribution in [0.1, 0.15) is 44.8 Å². The molecule has 220 valence electrons. The molecule has 0 spiro atoms. The molecule has 0 saturated heterocycles. The third kappa shape index (κ3) is 6.56. The number of nitrogens with one attached hydrogen (secondary N) is 2. The van der Waals surface area contributed by atoms with Crippen LogP contribution in [-0.2, 0) is 22.6 Å². The summed E-state index contributed by atoms with van der Waals surface area (Å²) in [6.45, 7) is 1.09. The van der Waals surface area contributed by atoms with E-state index < -0.39 is 29.8 Å². The van der Waals surface area contributed by atoms with Crippen molar-refractivity contribution in [2.45, 2.75) is 31.8 Å². The van der Waals surface area contributed by atoms with Crippen molar-refractivity contribution >= 4 is 58.1 Å². The highest BCUT2D eigenvalue weighted by Crippen LogP contribution is 2.30. The van der Waals surface area contributed by atoms with E-state index in [2.05, 4.69) is 35.5 Å². The first-order valence-corrected chi connectivity index (χ1v) is 13.2. The van der Waals surface area contributed by atoms with Gasteiger partial charge in [0.1, 0.15) is 6.04 Å². The summed E-state index contributed by atoms with van der Waals surface area (Å²) in [7, 11) is 0. The number of rotatable bonds is 10. The molecule has 0 radical (unpaired) electrons. The first-order chi connectivity index (χ1) is 20.6. The normalized spacial score (nSPS) is 12.9. The molecule has 2 aromatic carbocycles. The molecule has 1 aliphatic heterocycles. The number of fused-ring (bicyclic) bond motifs is 2. The zero-order valence-corrected chi connectivity index (χ0v) is 22.6. The number of aromatic carboxylic acids is 1. The van der Waals surface area contributed by atoms with Gasteiger partial charge in [0.05, 0.1) is 24.0 Å². The Bertz CT molecular complexity index is 1760. The molecular weight excluding hydrogens is 558 g/mol. The standard InChI is InChI=1S/C28H27N9O6/c29-23-22-24(36-28(30)35-23)31-12-18(33-22)13-37-9-8-14-10-15(4-6-20(14)37)25(39)34-19(27(42)43)5-7-21(38)32-17-3-1-2-16(11-17)26(40)41/h1-4,6,10-12,19H,5,7-9,13H2,(H,32,38)(H,34,39)(H,40,41)(H,42,43)(H4,29,30,31,35,36)/t19-/m0/s1. The predicted molar refractivity (Wildman–Crippen MR) is 155 cm³/mol. The monoisotopic (exact) mass is 585 g/mol. The van der Waals surface area contributed by atoms with Crippen LogP contribution >= 0.6 is 0 Å². The van der Waals surface area contributed by atoms with Crippen LogP contribution in [0, 0.1) is 0 Å². The van der Waals surface area contributed by atoms with Gasteiger partial charge in [0.15, 0.2) is 17.0 Å². The topological polar surface area (TPSA) is 240 Å². The number of aliphatic carboxylic acids is 1. The average Bonchev–Trinajstić information content (AvgIpc) is 3.37. The van der Waals surface area contributed by atoms with E-state index in [1.807, 2.05) is 0 Å². The van der Waals surface area contributed by atoms with Crippen molar-refractivity contribution in [1.29, 1.82) is 0 Å². The van der Waals surface area contributed by atoms with Crippen LogP contribution in [0.5, 0.6) is 0 Å². The predicted octanol–water partition coefficient (Wildman–Crippen LogP) is 1.45. The largest absolute Gasteiger partial charge is 0.480 e. The number of anilines is 4. The first-order valence-electron chi connectivity index (χ1n) is 13.2. The molecule has 3 heterocycles. The molecule has 43 heavy (non-hydrogen) atoms. The maximum atomic E-state index is 13.0. The molecule has 0 saturated carbocycles. The van der Waals surface area contributed by atoms with Crippen LogP contribution in [0.2, 0.25) is 0 Å². The summed E-state index contributed by atoms with van der Waals surface area (Å²) in [6.07, 6.45) is 1.87. The highest BCUT2D eigenvalue weighted by atomic mass is 16.4. The third-order valence-electron chi connectivity index (χ3n) is 6.84. The fourth-order valence-corrected chi connectivity index (χ4v) is 4.76. The molecular formula is C28H27N9O6. The minimum absolute atomic E-state index is 0.000396. The van der Waals surface area contributed by atoms with Gasteiger partial charge in [-0.05, 0) is 54.8 Å². The van der Waals surface area contributed by atoms with Gasteiger partial charge in [-0.15, -0.1) is 0 Å².